The zero-order valence-corrected chi connectivity index (χ0v) is 13.8. The van der Waals surface area contributed by atoms with Crippen LogP contribution in [0.3, 0.4) is 0 Å². The van der Waals surface area contributed by atoms with Crippen molar-refractivity contribution in [3.05, 3.63) is 60.2 Å². The van der Waals surface area contributed by atoms with Gasteiger partial charge in [0.2, 0.25) is 0 Å². The molecule has 2 aliphatic rings. The maximum atomic E-state index is 5.85. The Bertz CT molecular complexity index is 691. The Morgan fingerprint density at radius 1 is 1.00 bits per heavy atom. The number of hydrogen-bond acceptors (Lipinski definition) is 4. The van der Waals surface area contributed by atoms with Crippen LogP contribution in [0.1, 0.15) is 24.8 Å². The van der Waals surface area contributed by atoms with Gasteiger partial charge < -0.3 is 10.1 Å². The predicted molar refractivity (Wildman–Crippen MR) is 96.7 cm³/mol. The fraction of sp³-hybridized carbons (Fsp3) is 0.350. The zero-order chi connectivity index (χ0) is 16.2. The first kappa shape index (κ1) is 15.2. The maximum Gasteiger partial charge on any atom is 0.127 e. The molecule has 1 fully saturated rings. The van der Waals surface area contributed by atoms with E-state index < -0.39 is 0 Å². The first-order valence-corrected chi connectivity index (χ1v) is 8.77. The highest BCUT2D eigenvalue weighted by molar-refractivity contribution is 6.01. The van der Waals surface area contributed by atoms with Crippen molar-refractivity contribution in [3.63, 3.8) is 0 Å². The van der Waals surface area contributed by atoms with Gasteiger partial charge in [-0.2, -0.15) is 5.10 Å². The van der Waals surface area contributed by atoms with E-state index in [9.17, 15) is 0 Å². The maximum absolute atomic E-state index is 5.85. The lowest BCUT2D eigenvalue weighted by Crippen LogP contribution is -2.42. The third-order valence-electron chi connectivity index (χ3n) is 4.69. The molecule has 0 amide bonds. The van der Waals surface area contributed by atoms with Crippen LogP contribution in [0.4, 0.5) is 0 Å². The van der Waals surface area contributed by atoms with Gasteiger partial charge >= 0.3 is 0 Å². The van der Waals surface area contributed by atoms with Gasteiger partial charge in [-0.25, -0.2) is 0 Å². The second-order valence-corrected chi connectivity index (χ2v) is 6.40. The van der Waals surface area contributed by atoms with E-state index in [4.69, 9.17) is 9.84 Å². The van der Waals surface area contributed by atoms with Crippen molar-refractivity contribution < 1.29 is 4.74 Å². The molecule has 124 valence electrons. The smallest absolute Gasteiger partial charge is 0.127 e. The molecule has 0 aliphatic carbocycles. The number of hydrazone groups is 1. The number of nitrogens with one attached hydrogen (secondary N) is 1. The molecule has 24 heavy (non-hydrogen) atoms. The third kappa shape index (κ3) is 3.44. The summed E-state index contributed by atoms with van der Waals surface area (Å²) in [7, 11) is 0. The van der Waals surface area contributed by atoms with Gasteiger partial charge in [0, 0.05) is 19.5 Å². The van der Waals surface area contributed by atoms with Crippen molar-refractivity contribution in [2.24, 2.45) is 5.10 Å². The molecule has 0 aromatic heterocycles. The van der Waals surface area contributed by atoms with E-state index in [0.717, 1.165) is 37.6 Å². The summed E-state index contributed by atoms with van der Waals surface area (Å²) in [6.45, 7) is 3.23. The summed E-state index contributed by atoms with van der Waals surface area (Å²) in [4.78, 5) is 0. The Hall–Kier alpha value is -2.33. The monoisotopic (exact) mass is 321 g/mol. The van der Waals surface area contributed by atoms with Crippen LogP contribution in [-0.2, 0) is 0 Å². The van der Waals surface area contributed by atoms with Gasteiger partial charge in [0.15, 0.2) is 0 Å². The van der Waals surface area contributed by atoms with Gasteiger partial charge in [-0.1, -0.05) is 18.2 Å². The fourth-order valence-electron chi connectivity index (χ4n) is 3.37. The van der Waals surface area contributed by atoms with Gasteiger partial charge in [-0.3, -0.25) is 5.01 Å². The highest BCUT2D eigenvalue weighted by Crippen LogP contribution is 2.24. The summed E-state index contributed by atoms with van der Waals surface area (Å²) in [5.41, 5.74) is 2.38. The molecule has 1 unspecified atom stereocenters. The molecule has 4 rings (SSSR count). The average molecular weight is 321 g/mol. The van der Waals surface area contributed by atoms with Crippen molar-refractivity contribution in [1.29, 1.82) is 0 Å². The lowest BCUT2D eigenvalue weighted by Gasteiger charge is -2.29. The molecule has 1 atom stereocenters. The molecule has 4 nitrogen and oxygen atoms in total. The molecule has 1 N–H and O–H groups in total. The van der Waals surface area contributed by atoms with E-state index in [2.05, 4.69) is 22.5 Å². The third-order valence-corrected chi connectivity index (χ3v) is 4.69. The van der Waals surface area contributed by atoms with E-state index >= 15 is 0 Å². The summed E-state index contributed by atoms with van der Waals surface area (Å²) in [6.07, 6.45) is 3.51. The quantitative estimate of drug-likeness (QED) is 0.934. The first-order chi connectivity index (χ1) is 11.9. The zero-order valence-electron chi connectivity index (χ0n) is 13.8. The van der Waals surface area contributed by atoms with Crippen LogP contribution in [0.15, 0.2) is 59.7 Å². The van der Waals surface area contributed by atoms with Crippen LogP contribution >= 0.6 is 0 Å². The molecule has 2 aliphatic heterocycles. The minimum Gasteiger partial charge on any atom is -0.457 e. The Kier molecular flexibility index (Phi) is 4.47. The number of nitrogens with zero attached hydrogens (tertiary/aromatic N) is 2. The lowest BCUT2D eigenvalue weighted by atomic mass is 10.1. The number of benzene rings is 2. The summed E-state index contributed by atoms with van der Waals surface area (Å²) in [5, 5.41) is 10.6. The average Bonchev–Trinajstić information content (AvgIpc) is 3.14. The molecular formula is C20H23N3O. The van der Waals surface area contributed by atoms with Crippen LogP contribution in [0.2, 0.25) is 0 Å². The number of piperidine rings is 1. The Morgan fingerprint density at radius 2 is 1.79 bits per heavy atom. The number of ether oxygens (including phenoxy) is 1. The van der Waals surface area contributed by atoms with Gasteiger partial charge in [0.05, 0.1) is 11.8 Å². The minimum atomic E-state index is 0.553. The topological polar surface area (TPSA) is 36.9 Å². The Morgan fingerprint density at radius 3 is 2.54 bits per heavy atom. The van der Waals surface area contributed by atoms with E-state index in [1.165, 1.54) is 24.1 Å². The van der Waals surface area contributed by atoms with Crippen molar-refractivity contribution in [3.8, 4) is 11.5 Å². The number of para-hydroxylation sites is 1. The summed E-state index contributed by atoms with van der Waals surface area (Å²) in [6, 6.07) is 18.7. The predicted octanol–water partition coefficient (Wildman–Crippen LogP) is 3.64. The van der Waals surface area contributed by atoms with E-state index in [1.807, 2.05) is 42.5 Å². The molecule has 4 heteroatoms. The van der Waals surface area contributed by atoms with Gasteiger partial charge in [-0.15, -0.1) is 0 Å². The van der Waals surface area contributed by atoms with Crippen molar-refractivity contribution in [2.75, 3.05) is 19.6 Å². The summed E-state index contributed by atoms with van der Waals surface area (Å²) < 4.78 is 5.85. The van der Waals surface area contributed by atoms with Crippen LogP contribution in [-0.4, -0.2) is 36.4 Å². The Balaban J connectivity index is 1.43. The largest absolute Gasteiger partial charge is 0.457 e. The highest BCUT2D eigenvalue weighted by Gasteiger charge is 2.24. The second kappa shape index (κ2) is 7.05. The molecular weight excluding hydrogens is 298 g/mol. The number of rotatable bonds is 4. The minimum absolute atomic E-state index is 0.553. The fourth-order valence-corrected chi connectivity index (χ4v) is 3.37. The van der Waals surface area contributed by atoms with Crippen molar-refractivity contribution >= 4 is 5.71 Å². The first-order valence-electron chi connectivity index (χ1n) is 8.77. The number of hydrogen-bond donors (Lipinski definition) is 1. The van der Waals surface area contributed by atoms with Crippen LogP contribution in [0.25, 0.3) is 0 Å². The Labute approximate surface area is 143 Å². The summed E-state index contributed by atoms with van der Waals surface area (Å²) >= 11 is 0. The van der Waals surface area contributed by atoms with E-state index in [1.54, 1.807) is 0 Å². The second-order valence-electron chi connectivity index (χ2n) is 6.40. The molecule has 2 aromatic rings. The normalized spacial score (nSPS) is 20.8. The van der Waals surface area contributed by atoms with Crippen LogP contribution in [0.5, 0.6) is 11.5 Å². The van der Waals surface area contributed by atoms with Gasteiger partial charge in [0.1, 0.15) is 11.5 Å². The molecule has 0 saturated carbocycles. The standard InChI is InChI=1S/C20H23N3O/c1-2-6-18(7-3-1)24-19-10-8-16(9-11-19)20-12-14-23(22-20)17-5-4-13-21-15-17/h1-3,6-11,17,21H,4-5,12-15H2. The molecule has 0 spiro atoms. The van der Waals surface area contributed by atoms with Crippen molar-refractivity contribution in [1.82, 2.24) is 10.3 Å². The SMILES string of the molecule is c1ccc(Oc2ccc(C3=NN(C4CCCNC4)CC3)cc2)cc1. The molecule has 2 heterocycles. The van der Waals surface area contributed by atoms with Crippen LogP contribution < -0.4 is 10.1 Å². The van der Waals surface area contributed by atoms with E-state index in [-0.39, 0.29) is 0 Å². The van der Waals surface area contributed by atoms with Crippen molar-refractivity contribution in [2.45, 2.75) is 25.3 Å². The molecule has 2 aromatic carbocycles. The van der Waals surface area contributed by atoms with Crippen LogP contribution in [0, 0.1) is 0 Å². The summed E-state index contributed by atoms with van der Waals surface area (Å²) in [5.74, 6) is 1.72. The molecule has 0 radical (unpaired) electrons. The molecule has 1 saturated heterocycles. The van der Waals surface area contributed by atoms with E-state index in [0.29, 0.717) is 6.04 Å². The highest BCUT2D eigenvalue weighted by atomic mass is 16.5. The molecule has 0 bridgehead atoms. The van der Waals surface area contributed by atoms with Gasteiger partial charge in [-0.05, 0) is 61.3 Å². The lowest BCUT2D eigenvalue weighted by molar-refractivity contribution is 0.189. The van der Waals surface area contributed by atoms with Gasteiger partial charge in [0.25, 0.3) is 0 Å².